The van der Waals surface area contributed by atoms with Crippen LogP contribution in [-0.4, -0.2) is 22.6 Å². The zero-order valence-corrected chi connectivity index (χ0v) is 9.00. The predicted molar refractivity (Wildman–Crippen MR) is 59.0 cm³/mol. The van der Waals surface area contributed by atoms with Crippen molar-refractivity contribution in [2.24, 2.45) is 0 Å². The number of thioether (sulfide) groups is 1. The van der Waals surface area contributed by atoms with Crippen LogP contribution < -0.4 is 0 Å². The maximum absolute atomic E-state index is 11.0. The summed E-state index contributed by atoms with van der Waals surface area (Å²) in [5.74, 6) is -0.633. The van der Waals surface area contributed by atoms with Crippen molar-refractivity contribution in [3.63, 3.8) is 0 Å². The molecule has 0 heterocycles. The standard InChI is InChI=1S/C11H12O3S/c12-9(8-11(13)14)6-7-15-10-4-2-1-3-5-10/h1-5H,6-8H2,(H,13,14). The van der Waals surface area contributed by atoms with Gasteiger partial charge in [0.05, 0.1) is 0 Å². The Morgan fingerprint density at radius 3 is 2.47 bits per heavy atom. The summed E-state index contributed by atoms with van der Waals surface area (Å²) in [7, 11) is 0. The van der Waals surface area contributed by atoms with Crippen molar-refractivity contribution in [3.05, 3.63) is 30.3 Å². The summed E-state index contributed by atoms with van der Waals surface area (Å²) < 4.78 is 0. The van der Waals surface area contributed by atoms with Gasteiger partial charge in [-0.25, -0.2) is 0 Å². The summed E-state index contributed by atoms with van der Waals surface area (Å²) in [5.41, 5.74) is 0. The molecule has 0 aliphatic carbocycles. The Balaban J connectivity index is 2.22. The Bertz CT molecular complexity index is 335. The highest BCUT2D eigenvalue weighted by Crippen LogP contribution is 2.17. The molecule has 15 heavy (non-hydrogen) atoms. The minimum Gasteiger partial charge on any atom is -0.481 e. The molecular weight excluding hydrogens is 212 g/mol. The van der Waals surface area contributed by atoms with Crippen molar-refractivity contribution >= 4 is 23.5 Å². The van der Waals surface area contributed by atoms with E-state index in [9.17, 15) is 9.59 Å². The second kappa shape index (κ2) is 6.24. The number of rotatable bonds is 6. The van der Waals surface area contributed by atoms with E-state index in [0.717, 1.165) is 4.90 Å². The van der Waals surface area contributed by atoms with Gasteiger partial charge in [-0.05, 0) is 12.1 Å². The van der Waals surface area contributed by atoms with Crippen molar-refractivity contribution in [3.8, 4) is 0 Å². The van der Waals surface area contributed by atoms with Crippen LogP contribution in [0, 0.1) is 0 Å². The second-order valence-electron chi connectivity index (χ2n) is 3.02. The van der Waals surface area contributed by atoms with Crippen LogP contribution in [0.2, 0.25) is 0 Å². The lowest BCUT2D eigenvalue weighted by Crippen LogP contribution is -2.07. The summed E-state index contributed by atoms with van der Waals surface area (Å²) >= 11 is 1.56. The van der Waals surface area contributed by atoms with E-state index in [-0.39, 0.29) is 12.2 Å². The molecule has 0 fully saturated rings. The Kier molecular flexibility index (Phi) is 4.90. The quantitative estimate of drug-likeness (QED) is 0.594. The largest absolute Gasteiger partial charge is 0.481 e. The number of Topliss-reactive ketones (excluding diaryl/α,β-unsaturated/α-hetero) is 1. The van der Waals surface area contributed by atoms with Crippen LogP contribution in [-0.2, 0) is 9.59 Å². The van der Waals surface area contributed by atoms with Gasteiger partial charge in [-0.2, -0.15) is 0 Å². The molecule has 0 radical (unpaired) electrons. The zero-order chi connectivity index (χ0) is 11.1. The minimum atomic E-state index is -1.05. The highest BCUT2D eigenvalue weighted by atomic mass is 32.2. The summed E-state index contributed by atoms with van der Waals surface area (Å²) in [5, 5.41) is 8.37. The average molecular weight is 224 g/mol. The number of ketones is 1. The molecule has 1 N–H and O–H groups in total. The average Bonchev–Trinajstić information content (AvgIpc) is 2.18. The molecule has 4 heteroatoms. The van der Waals surface area contributed by atoms with Crippen LogP contribution in [0.4, 0.5) is 0 Å². The lowest BCUT2D eigenvalue weighted by atomic mass is 10.2. The van der Waals surface area contributed by atoms with Crippen LogP contribution in [0.5, 0.6) is 0 Å². The molecule has 0 atom stereocenters. The number of hydrogen-bond donors (Lipinski definition) is 1. The van der Waals surface area contributed by atoms with Crippen LogP contribution in [0.3, 0.4) is 0 Å². The van der Waals surface area contributed by atoms with Crippen LogP contribution in [0.15, 0.2) is 35.2 Å². The van der Waals surface area contributed by atoms with Gasteiger partial charge in [0.2, 0.25) is 0 Å². The second-order valence-corrected chi connectivity index (χ2v) is 4.19. The molecule has 0 unspecified atom stereocenters. The fourth-order valence-corrected chi connectivity index (χ4v) is 1.97. The van der Waals surface area contributed by atoms with Gasteiger partial charge in [0.15, 0.2) is 0 Å². The highest BCUT2D eigenvalue weighted by Gasteiger charge is 2.07. The Morgan fingerprint density at radius 1 is 1.20 bits per heavy atom. The van der Waals surface area contributed by atoms with Gasteiger partial charge in [-0.1, -0.05) is 18.2 Å². The Hall–Kier alpha value is -1.29. The maximum Gasteiger partial charge on any atom is 0.310 e. The van der Waals surface area contributed by atoms with E-state index in [4.69, 9.17) is 5.11 Å². The Labute approximate surface area is 92.5 Å². The SMILES string of the molecule is O=C(O)CC(=O)CCSc1ccccc1. The lowest BCUT2D eigenvalue weighted by Gasteiger charge is -1.99. The molecule has 1 aromatic carbocycles. The summed E-state index contributed by atoms with van der Waals surface area (Å²) in [4.78, 5) is 22.4. The molecule has 0 saturated carbocycles. The van der Waals surface area contributed by atoms with E-state index in [1.54, 1.807) is 11.8 Å². The third-order valence-electron chi connectivity index (χ3n) is 1.74. The minimum absolute atomic E-state index is 0.217. The van der Waals surface area contributed by atoms with Crippen molar-refractivity contribution < 1.29 is 14.7 Å². The van der Waals surface area contributed by atoms with E-state index in [0.29, 0.717) is 12.2 Å². The van der Waals surface area contributed by atoms with Crippen molar-refractivity contribution in [1.82, 2.24) is 0 Å². The fourth-order valence-electron chi connectivity index (χ4n) is 1.06. The molecule has 0 aliphatic rings. The number of hydrogen-bond acceptors (Lipinski definition) is 3. The molecule has 3 nitrogen and oxygen atoms in total. The van der Waals surface area contributed by atoms with Crippen LogP contribution in [0.1, 0.15) is 12.8 Å². The maximum atomic E-state index is 11.0. The van der Waals surface area contributed by atoms with E-state index < -0.39 is 5.97 Å². The predicted octanol–water partition coefficient (Wildman–Crippen LogP) is 2.21. The molecule has 0 amide bonds. The fraction of sp³-hybridized carbons (Fsp3) is 0.273. The Morgan fingerprint density at radius 2 is 1.87 bits per heavy atom. The van der Waals surface area contributed by atoms with Crippen LogP contribution in [0.25, 0.3) is 0 Å². The lowest BCUT2D eigenvalue weighted by molar-refractivity contribution is -0.140. The van der Waals surface area contributed by atoms with Gasteiger partial charge in [-0.3, -0.25) is 9.59 Å². The first-order valence-corrected chi connectivity index (χ1v) is 5.58. The molecular formula is C11H12O3S. The molecule has 0 saturated heterocycles. The first kappa shape index (κ1) is 11.8. The van der Waals surface area contributed by atoms with E-state index in [1.807, 2.05) is 30.3 Å². The highest BCUT2D eigenvalue weighted by molar-refractivity contribution is 7.99. The number of carboxylic acids is 1. The molecule has 0 aliphatic heterocycles. The van der Waals surface area contributed by atoms with Crippen LogP contribution >= 0.6 is 11.8 Å². The van der Waals surface area contributed by atoms with Gasteiger partial charge >= 0.3 is 5.97 Å². The number of benzene rings is 1. The van der Waals surface area contributed by atoms with Crippen molar-refractivity contribution in [2.75, 3.05) is 5.75 Å². The molecule has 80 valence electrons. The van der Waals surface area contributed by atoms with Gasteiger partial charge in [0.1, 0.15) is 12.2 Å². The van der Waals surface area contributed by atoms with E-state index >= 15 is 0 Å². The van der Waals surface area contributed by atoms with Gasteiger partial charge in [0.25, 0.3) is 0 Å². The number of aliphatic carboxylic acids is 1. The number of carbonyl (C=O) groups is 2. The first-order chi connectivity index (χ1) is 7.18. The summed E-state index contributed by atoms with van der Waals surface area (Å²) in [6.07, 6.45) is -0.0544. The normalized spacial score (nSPS) is 9.87. The van der Waals surface area contributed by atoms with Gasteiger partial charge < -0.3 is 5.11 Å². The monoisotopic (exact) mass is 224 g/mol. The molecule has 0 aromatic heterocycles. The van der Waals surface area contributed by atoms with Gasteiger partial charge in [0, 0.05) is 17.1 Å². The van der Waals surface area contributed by atoms with Crippen molar-refractivity contribution in [2.45, 2.75) is 17.7 Å². The third-order valence-corrected chi connectivity index (χ3v) is 2.75. The first-order valence-electron chi connectivity index (χ1n) is 4.60. The van der Waals surface area contributed by atoms with Crippen molar-refractivity contribution in [1.29, 1.82) is 0 Å². The molecule has 1 aromatic rings. The smallest absolute Gasteiger partial charge is 0.310 e. The summed E-state index contributed by atoms with van der Waals surface area (Å²) in [6, 6.07) is 9.72. The molecule has 0 bridgehead atoms. The van der Waals surface area contributed by atoms with E-state index in [2.05, 4.69) is 0 Å². The number of carbonyl (C=O) groups excluding carboxylic acids is 1. The topological polar surface area (TPSA) is 54.4 Å². The molecule has 1 rings (SSSR count). The molecule has 0 spiro atoms. The zero-order valence-electron chi connectivity index (χ0n) is 8.18. The third kappa shape index (κ3) is 5.22. The van der Waals surface area contributed by atoms with E-state index in [1.165, 1.54) is 0 Å². The van der Waals surface area contributed by atoms with Gasteiger partial charge in [-0.15, -0.1) is 11.8 Å². The number of carboxylic acid groups (broad SMARTS) is 1. The summed E-state index contributed by atoms with van der Waals surface area (Å²) in [6.45, 7) is 0.